The van der Waals surface area contributed by atoms with Crippen LogP contribution in [0.4, 0.5) is 13.2 Å². The molecule has 1 saturated heterocycles. The molecule has 0 radical (unpaired) electrons. The van der Waals surface area contributed by atoms with Gasteiger partial charge in [0.25, 0.3) is 5.91 Å². The lowest BCUT2D eigenvalue weighted by atomic mass is 10.1. The number of carbonyl (C=O) groups is 1. The van der Waals surface area contributed by atoms with Crippen LogP contribution in [0.5, 0.6) is 0 Å². The van der Waals surface area contributed by atoms with Gasteiger partial charge in [-0.05, 0) is 31.5 Å². The van der Waals surface area contributed by atoms with Crippen LogP contribution >= 0.6 is 0 Å². The molecule has 0 aromatic heterocycles. The zero-order valence-corrected chi connectivity index (χ0v) is 10.4. The van der Waals surface area contributed by atoms with Gasteiger partial charge in [0, 0.05) is 18.7 Å². The highest BCUT2D eigenvalue weighted by Gasteiger charge is 2.35. The van der Waals surface area contributed by atoms with Gasteiger partial charge in [-0.3, -0.25) is 4.79 Å². The first-order valence-electron chi connectivity index (χ1n) is 5.88. The predicted octanol–water partition coefficient (Wildman–Crippen LogP) is 2.30. The standard InChI is InChI=1S/C13H14F3NO2/c1-12(19)5-6-17(8-12)11(18)9-3-2-4-10(7-9)13(14,15)16/h2-4,7,19H,5-6,8H2,1H3. The van der Waals surface area contributed by atoms with Crippen LogP contribution in [0.3, 0.4) is 0 Å². The molecule has 2 rings (SSSR count). The van der Waals surface area contributed by atoms with Crippen molar-refractivity contribution in [1.82, 2.24) is 4.90 Å². The molecular formula is C13H14F3NO2. The molecule has 1 N–H and O–H groups in total. The summed E-state index contributed by atoms with van der Waals surface area (Å²) in [4.78, 5) is 13.4. The van der Waals surface area contributed by atoms with E-state index in [-0.39, 0.29) is 12.1 Å². The fraction of sp³-hybridized carbons (Fsp3) is 0.462. The van der Waals surface area contributed by atoms with Crippen molar-refractivity contribution in [1.29, 1.82) is 0 Å². The Labute approximate surface area is 108 Å². The van der Waals surface area contributed by atoms with Crippen LogP contribution < -0.4 is 0 Å². The molecule has 1 heterocycles. The Morgan fingerprint density at radius 1 is 1.42 bits per heavy atom. The first-order chi connectivity index (χ1) is 8.69. The third-order valence-electron chi connectivity index (χ3n) is 3.18. The highest BCUT2D eigenvalue weighted by atomic mass is 19.4. The fourth-order valence-corrected chi connectivity index (χ4v) is 2.13. The van der Waals surface area contributed by atoms with Gasteiger partial charge < -0.3 is 10.0 Å². The Morgan fingerprint density at radius 3 is 2.63 bits per heavy atom. The summed E-state index contributed by atoms with van der Waals surface area (Å²) in [6, 6.07) is 4.33. The van der Waals surface area contributed by atoms with E-state index in [0.29, 0.717) is 13.0 Å². The molecule has 6 heteroatoms. The number of likely N-dealkylation sites (tertiary alicyclic amines) is 1. The highest BCUT2D eigenvalue weighted by molar-refractivity contribution is 5.94. The lowest BCUT2D eigenvalue weighted by Gasteiger charge is -2.19. The summed E-state index contributed by atoms with van der Waals surface area (Å²) in [5.41, 5.74) is -1.81. The minimum Gasteiger partial charge on any atom is -0.388 e. The maximum atomic E-state index is 12.6. The molecule has 1 aromatic carbocycles. The Balaban J connectivity index is 2.21. The molecule has 3 nitrogen and oxygen atoms in total. The van der Waals surface area contributed by atoms with Crippen molar-refractivity contribution in [3.8, 4) is 0 Å². The van der Waals surface area contributed by atoms with Crippen LogP contribution in [0.15, 0.2) is 24.3 Å². The first kappa shape index (κ1) is 13.9. The van der Waals surface area contributed by atoms with Crippen molar-refractivity contribution in [3.63, 3.8) is 0 Å². The van der Waals surface area contributed by atoms with E-state index in [0.717, 1.165) is 12.1 Å². The SMILES string of the molecule is CC1(O)CCN(C(=O)c2cccc(C(F)(F)F)c2)C1. The molecule has 0 saturated carbocycles. The van der Waals surface area contributed by atoms with E-state index in [1.165, 1.54) is 17.0 Å². The van der Waals surface area contributed by atoms with Crippen LogP contribution in [-0.4, -0.2) is 34.6 Å². The maximum Gasteiger partial charge on any atom is 0.416 e. The van der Waals surface area contributed by atoms with Crippen LogP contribution in [0.2, 0.25) is 0 Å². The molecule has 1 aliphatic rings. The highest BCUT2D eigenvalue weighted by Crippen LogP contribution is 2.30. The summed E-state index contributed by atoms with van der Waals surface area (Å²) >= 11 is 0. The number of amides is 1. The van der Waals surface area contributed by atoms with E-state index in [1.807, 2.05) is 0 Å². The molecule has 19 heavy (non-hydrogen) atoms. The number of aliphatic hydroxyl groups is 1. The molecule has 0 spiro atoms. The van der Waals surface area contributed by atoms with Gasteiger partial charge in [-0.2, -0.15) is 13.2 Å². The third kappa shape index (κ3) is 3.07. The van der Waals surface area contributed by atoms with Crippen molar-refractivity contribution in [2.75, 3.05) is 13.1 Å². The van der Waals surface area contributed by atoms with Gasteiger partial charge in [-0.25, -0.2) is 0 Å². The minimum absolute atomic E-state index is 0.00692. The molecule has 1 aromatic rings. The topological polar surface area (TPSA) is 40.5 Å². The number of alkyl halides is 3. The van der Waals surface area contributed by atoms with Gasteiger partial charge in [0.1, 0.15) is 0 Å². The zero-order chi connectivity index (χ0) is 14.3. The van der Waals surface area contributed by atoms with Crippen LogP contribution in [0.1, 0.15) is 29.3 Å². The van der Waals surface area contributed by atoms with Gasteiger partial charge in [0.15, 0.2) is 0 Å². The van der Waals surface area contributed by atoms with Crippen LogP contribution in [-0.2, 0) is 6.18 Å². The van der Waals surface area contributed by atoms with E-state index < -0.39 is 23.2 Å². The van der Waals surface area contributed by atoms with E-state index in [1.54, 1.807) is 6.92 Å². The number of hydrogen-bond donors (Lipinski definition) is 1. The smallest absolute Gasteiger partial charge is 0.388 e. The second-order valence-electron chi connectivity index (χ2n) is 5.05. The molecule has 1 fully saturated rings. The quantitative estimate of drug-likeness (QED) is 0.853. The number of carbonyl (C=O) groups excluding carboxylic acids is 1. The van der Waals surface area contributed by atoms with Gasteiger partial charge in [0.05, 0.1) is 11.2 Å². The van der Waals surface area contributed by atoms with E-state index in [4.69, 9.17) is 0 Å². The van der Waals surface area contributed by atoms with Crippen molar-refractivity contribution in [3.05, 3.63) is 35.4 Å². The first-order valence-corrected chi connectivity index (χ1v) is 5.88. The lowest BCUT2D eigenvalue weighted by molar-refractivity contribution is -0.137. The van der Waals surface area contributed by atoms with Gasteiger partial charge >= 0.3 is 6.18 Å². The lowest BCUT2D eigenvalue weighted by Crippen LogP contribution is -2.34. The molecule has 1 amide bonds. The van der Waals surface area contributed by atoms with Gasteiger partial charge in [-0.15, -0.1) is 0 Å². The summed E-state index contributed by atoms with van der Waals surface area (Å²) in [5, 5.41) is 9.77. The number of hydrogen-bond acceptors (Lipinski definition) is 2. The van der Waals surface area contributed by atoms with E-state index in [2.05, 4.69) is 0 Å². The number of rotatable bonds is 1. The van der Waals surface area contributed by atoms with Gasteiger partial charge in [-0.1, -0.05) is 6.07 Å². The third-order valence-corrected chi connectivity index (χ3v) is 3.18. The Kier molecular flexibility index (Phi) is 3.30. The fourth-order valence-electron chi connectivity index (χ4n) is 2.13. The monoisotopic (exact) mass is 273 g/mol. The van der Waals surface area contributed by atoms with Crippen LogP contribution in [0, 0.1) is 0 Å². The molecule has 0 bridgehead atoms. The largest absolute Gasteiger partial charge is 0.416 e. The summed E-state index contributed by atoms with van der Waals surface area (Å²) in [7, 11) is 0. The molecule has 1 unspecified atom stereocenters. The van der Waals surface area contributed by atoms with Crippen LogP contribution in [0.25, 0.3) is 0 Å². The minimum atomic E-state index is -4.47. The summed E-state index contributed by atoms with van der Waals surface area (Å²) < 4.78 is 37.7. The van der Waals surface area contributed by atoms with Crippen molar-refractivity contribution in [2.45, 2.75) is 25.1 Å². The molecule has 1 aliphatic heterocycles. The van der Waals surface area contributed by atoms with Crippen molar-refractivity contribution in [2.24, 2.45) is 0 Å². The van der Waals surface area contributed by atoms with Crippen molar-refractivity contribution < 1.29 is 23.1 Å². The molecular weight excluding hydrogens is 259 g/mol. The average Bonchev–Trinajstić information content (AvgIpc) is 2.68. The summed E-state index contributed by atoms with van der Waals surface area (Å²) in [6.45, 7) is 2.09. The molecule has 1 atom stereocenters. The van der Waals surface area contributed by atoms with E-state index >= 15 is 0 Å². The Hall–Kier alpha value is -1.56. The normalized spacial score (nSPS) is 23.7. The predicted molar refractivity (Wildman–Crippen MR) is 62.6 cm³/mol. The summed E-state index contributed by atoms with van der Waals surface area (Å²) in [6.07, 6.45) is -4.04. The number of benzene rings is 1. The maximum absolute atomic E-state index is 12.6. The molecule has 104 valence electrons. The van der Waals surface area contributed by atoms with Gasteiger partial charge in [0.2, 0.25) is 0 Å². The van der Waals surface area contributed by atoms with Crippen molar-refractivity contribution >= 4 is 5.91 Å². The molecule has 0 aliphatic carbocycles. The van der Waals surface area contributed by atoms with E-state index in [9.17, 15) is 23.1 Å². The number of nitrogens with zero attached hydrogens (tertiary/aromatic N) is 1. The Morgan fingerprint density at radius 2 is 2.11 bits per heavy atom. The summed E-state index contributed by atoms with van der Waals surface area (Å²) in [5.74, 6) is -0.483. The number of halogens is 3. The second-order valence-corrected chi connectivity index (χ2v) is 5.05. The Bertz CT molecular complexity index is 497. The second kappa shape index (κ2) is 4.52. The average molecular weight is 273 g/mol. The number of β-amino-alcohol motifs (C(OH)–C–C–N with tert-alkyl or cyclic N) is 1. The zero-order valence-electron chi connectivity index (χ0n) is 10.4.